The average Bonchev–Trinajstić information content (AvgIpc) is 0.975. The third-order valence-corrected chi connectivity index (χ3v) is 14.3. The molecule has 0 aliphatic heterocycles. The topological polar surface area (TPSA) is 419 Å². The number of nitrogens with two attached hydrogens (primary N) is 10. The van der Waals surface area contributed by atoms with E-state index in [4.69, 9.17) is 103 Å². The summed E-state index contributed by atoms with van der Waals surface area (Å²) in [5.74, 6) is 1.08. The molecule has 22 N–H and O–H groups in total. The van der Waals surface area contributed by atoms with E-state index in [0.717, 1.165) is 72.6 Å². The number of nitrogens with zero attached hydrogens (tertiary/aromatic N) is 6. The number of aryl methyl sites for hydroxylation is 12. The summed E-state index contributed by atoms with van der Waals surface area (Å²) in [4.78, 5) is 44.7. The molecule has 0 saturated carbocycles. The van der Waals surface area contributed by atoms with Crippen LogP contribution in [0.4, 0.5) is 23.1 Å². The lowest BCUT2D eigenvalue weighted by molar-refractivity contribution is 0.0992. The van der Waals surface area contributed by atoms with Crippen LogP contribution in [0.2, 0.25) is 15.1 Å². The molecule has 0 fully saturated rings. The van der Waals surface area contributed by atoms with Crippen molar-refractivity contribution in [3.05, 3.63) is 365 Å². The first-order chi connectivity index (χ1) is 50.6. The molecule has 0 unspecified atom stereocenters. The van der Waals surface area contributed by atoms with Crippen molar-refractivity contribution in [2.45, 2.75) is 96.2 Å². The van der Waals surface area contributed by atoms with E-state index in [9.17, 15) is 9.59 Å². The Morgan fingerprint density at radius 3 is 1.12 bits per heavy atom. The molecule has 0 aliphatic rings. The highest BCUT2D eigenvalue weighted by Gasteiger charge is 2.00. The van der Waals surface area contributed by atoms with Crippen molar-refractivity contribution >= 4 is 81.4 Å². The number of nitrogen functional groups attached to an aromatic ring is 6. The van der Waals surface area contributed by atoms with Crippen molar-refractivity contribution < 1.29 is 9.59 Å². The Labute approximate surface area is 646 Å². The fraction of sp³-hybridized carbons (Fsp3) is 0.167. The smallest absolute Gasteiger partial charge is 0.248 e. The summed E-state index contributed by atoms with van der Waals surface area (Å²) in [7, 11) is 0. The van der Waals surface area contributed by atoms with Crippen LogP contribution in [0.25, 0.3) is 0 Å². The molecule has 0 saturated heterocycles. The van der Waals surface area contributed by atoms with Crippen molar-refractivity contribution in [3.8, 4) is 0 Å². The number of anilines is 4. The van der Waals surface area contributed by atoms with E-state index in [1.807, 2.05) is 209 Å². The van der Waals surface area contributed by atoms with E-state index >= 15 is 0 Å². The number of amidine groups is 2. The maximum Gasteiger partial charge on any atom is 0.248 e. The van der Waals surface area contributed by atoms with Gasteiger partial charge in [-0.2, -0.15) is 0 Å². The van der Waals surface area contributed by atoms with Crippen molar-refractivity contribution in [3.63, 3.8) is 0 Å². The molecule has 12 aromatic rings. The number of rotatable bonds is 6. The fourth-order valence-electron chi connectivity index (χ4n) is 7.84. The Kier molecular flexibility index (Phi) is 46.1. The molecule has 6 aromatic carbocycles. The number of carbonyl (C=O) groups is 2. The molecular weight excluding hydrogens is 1400 g/mol. The SMILES string of the molecule is Cc1cc(Cl)ccn1.Cc1cc(N)ccn1.Cc1ccc(C(=N)N)cc1.Cc1ccc(C(N)=O)cc1.Cc1ccc(CN)cc1.Cc1ccc(Cl)c(N)n1.Cc1ccc(Cl)cn1.Cc1cccc(C(=N)N)c1.Cc1cccc(C(N)=O)c1.Cc1cccc(CN)c1.Cc1cccc(N)n1.Cc1ccnc(N)c1. The number of primary amides is 2. The molecule has 0 spiro atoms. The van der Waals surface area contributed by atoms with Gasteiger partial charge in [-0.25, -0.2) is 15.0 Å². The second-order valence-corrected chi connectivity index (χ2v) is 24.9. The quantitative estimate of drug-likeness (QED) is 0.0543. The van der Waals surface area contributed by atoms with Crippen LogP contribution in [0.5, 0.6) is 0 Å². The zero-order valence-corrected chi connectivity index (χ0v) is 65.3. The number of amides is 2. The summed E-state index contributed by atoms with van der Waals surface area (Å²) in [6.07, 6.45) is 6.73. The van der Waals surface area contributed by atoms with E-state index in [-0.39, 0.29) is 23.5 Å². The Balaban J connectivity index is 0.000000584. The zero-order chi connectivity index (χ0) is 80.4. The Morgan fingerprint density at radius 2 is 0.785 bits per heavy atom. The second kappa shape index (κ2) is 53.0. The van der Waals surface area contributed by atoms with Gasteiger partial charge >= 0.3 is 0 Å². The third kappa shape index (κ3) is 46.4. The summed E-state index contributed by atoms with van der Waals surface area (Å²) in [6.45, 7) is 24.8. The highest BCUT2D eigenvalue weighted by atomic mass is 35.5. The molecule has 23 heteroatoms. The van der Waals surface area contributed by atoms with E-state index in [0.29, 0.717) is 51.7 Å². The van der Waals surface area contributed by atoms with Gasteiger partial charge in [0.05, 0.1) is 10.0 Å². The van der Waals surface area contributed by atoms with Crippen LogP contribution < -0.4 is 57.3 Å². The molecule has 12 rings (SSSR count). The minimum Gasteiger partial charge on any atom is -0.399 e. The Bertz CT molecular complexity index is 4190. The highest BCUT2D eigenvalue weighted by molar-refractivity contribution is 6.32. The molecule has 562 valence electrons. The number of carbonyl (C=O) groups excluding carboxylic acids is 2. The molecule has 6 aromatic heterocycles. The van der Waals surface area contributed by atoms with Crippen LogP contribution in [0.3, 0.4) is 0 Å². The molecule has 0 bridgehead atoms. The summed E-state index contributed by atoms with van der Waals surface area (Å²) in [5, 5.41) is 16.1. The molecule has 0 aliphatic carbocycles. The van der Waals surface area contributed by atoms with Crippen LogP contribution in [0.1, 0.15) is 110 Å². The molecular formula is C84H103Cl3N18O2. The van der Waals surface area contributed by atoms with E-state index < -0.39 is 0 Å². The third-order valence-electron chi connectivity index (χ3n) is 13.5. The monoisotopic (exact) mass is 1500 g/mol. The number of hydrogen-bond donors (Lipinski definition) is 12. The fourth-order valence-corrected chi connectivity index (χ4v) is 8.27. The van der Waals surface area contributed by atoms with E-state index in [2.05, 4.69) is 80.1 Å². The maximum absolute atomic E-state index is 10.6. The van der Waals surface area contributed by atoms with Crippen molar-refractivity contribution in [1.29, 1.82) is 10.8 Å². The van der Waals surface area contributed by atoms with Crippen LogP contribution >= 0.6 is 34.8 Å². The minimum atomic E-state index is -0.375. The van der Waals surface area contributed by atoms with Crippen molar-refractivity contribution in [2.75, 3.05) is 22.9 Å². The molecule has 2 amide bonds. The van der Waals surface area contributed by atoms with Crippen molar-refractivity contribution in [2.24, 2.45) is 34.4 Å². The van der Waals surface area contributed by atoms with Gasteiger partial charge in [-0.05, 0) is 203 Å². The lowest BCUT2D eigenvalue weighted by Gasteiger charge is -1.97. The number of hydrogen-bond acceptors (Lipinski definition) is 16. The summed E-state index contributed by atoms with van der Waals surface area (Å²) in [5.41, 5.74) is 71.7. The lowest BCUT2D eigenvalue weighted by Crippen LogP contribution is -2.10. The van der Waals surface area contributed by atoms with Gasteiger partial charge in [0, 0.05) is 99.3 Å². The maximum atomic E-state index is 10.6. The lowest BCUT2D eigenvalue weighted by atomic mass is 10.1. The summed E-state index contributed by atoms with van der Waals surface area (Å²) < 4.78 is 0. The second-order valence-electron chi connectivity index (χ2n) is 23.7. The van der Waals surface area contributed by atoms with Crippen LogP contribution in [-0.2, 0) is 13.1 Å². The predicted molar refractivity (Wildman–Crippen MR) is 448 cm³/mol. The van der Waals surface area contributed by atoms with Crippen LogP contribution in [0.15, 0.2) is 249 Å². The van der Waals surface area contributed by atoms with Crippen LogP contribution in [0, 0.1) is 93.9 Å². The van der Waals surface area contributed by atoms with Gasteiger partial charge in [0.15, 0.2) is 0 Å². The number of halogens is 3. The van der Waals surface area contributed by atoms with Crippen LogP contribution in [-0.4, -0.2) is 53.4 Å². The molecule has 6 heterocycles. The first-order valence-electron chi connectivity index (χ1n) is 33.3. The highest BCUT2D eigenvalue weighted by Crippen LogP contribution is 2.15. The van der Waals surface area contributed by atoms with E-state index in [1.54, 1.807) is 73.3 Å². The average molecular weight is 1500 g/mol. The first kappa shape index (κ1) is 93.1. The standard InChI is InChI=1S/2C8H10N2.2C8H9NO.2C8H11N.C6H7ClN2.2C6H6ClN.3C6H8N2/c1-6-2-4-7(5-3-6)8(9)10;1-6-3-2-4-7(5-6)8(9)10;1-6-2-4-7(5-3-6)8(9)10;1-6-3-2-4-7(5-6)8(9)10;1-7-2-4-8(6-9)5-3-7;1-7-3-2-4-8(5-7)6-9;1-4-2-3-5(7)6(8)9-4;1-5-4-6(7)2-3-8-5;1-5-2-3-6(7)4-8-5;1-5-4-6(7)2-3-8-5;1-5-2-3-8-6(7)4-5;1-5-3-2-4-6(7)8-5/h2*2-5H,1H3,(H3,9,10);2*2-5H,1H3,(H2,9,10);2*2-5H,6,9H2,1H3;2-3H,1H3,(H2,8,9);2*2-4H,1H3;3*2-4H,1H3,(H2,7,8). The number of aromatic nitrogens is 6. The molecule has 0 radical (unpaired) electrons. The molecule has 0 atom stereocenters. The Hall–Kier alpha value is -11.9. The van der Waals surface area contributed by atoms with Gasteiger partial charge in [0.2, 0.25) is 11.8 Å². The van der Waals surface area contributed by atoms with Gasteiger partial charge in [-0.1, -0.05) is 190 Å². The van der Waals surface area contributed by atoms with Gasteiger partial charge in [0.1, 0.15) is 29.1 Å². The van der Waals surface area contributed by atoms with Crippen molar-refractivity contribution in [1.82, 2.24) is 29.9 Å². The summed E-state index contributed by atoms with van der Waals surface area (Å²) >= 11 is 16.7. The van der Waals surface area contributed by atoms with Gasteiger partial charge < -0.3 is 57.3 Å². The number of nitrogens with one attached hydrogen (secondary N) is 2. The minimum absolute atomic E-state index is 0.125. The molecule has 20 nitrogen and oxygen atoms in total. The predicted octanol–water partition coefficient (Wildman–Crippen LogP) is 16.3. The largest absolute Gasteiger partial charge is 0.399 e. The van der Waals surface area contributed by atoms with Gasteiger partial charge in [0.25, 0.3) is 0 Å². The zero-order valence-electron chi connectivity index (χ0n) is 63.0. The summed E-state index contributed by atoms with van der Waals surface area (Å²) in [6, 6.07) is 69.8. The normalized spacial score (nSPS) is 9.32. The first-order valence-corrected chi connectivity index (χ1v) is 34.4. The van der Waals surface area contributed by atoms with Gasteiger partial charge in [-0.15, -0.1) is 0 Å². The van der Waals surface area contributed by atoms with E-state index in [1.165, 1.54) is 27.8 Å². The van der Waals surface area contributed by atoms with Gasteiger partial charge in [-0.3, -0.25) is 35.4 Å². The Morgan fingerprint density at radius 1 is 0.336 bits per heavy atom. The number of benzene rings is 6. The molecule has 107 heavy (non-hydrogen) atoms. The number of pyridine rings is 6.